The van der Waals surface area contributed by atoms with Gasteiger partial charge in [-0.1, -0.05) is 6.92 Å². The Morgan fingerprint density at radius 2 is 1.70 bits per heavy atom. The highest BCUT2D eigenvalue weighted by Crippen LogP contribution is 2.17. The number of carbonyl (C=O) groups is 3. The van der Waals surface area contributed by atoms with E-state index in [1.54, 1.807) is 26.0 Å². The maximum atomic E-state index is 11.8. The van der Waals surface area contributed by atoms with Crippen molar-refractivity contribution in [1.29, 1.82) is 0 Å². The van der Waals surface area contributed by atoms with Crippen LogP contribution in [0.1, 0.15) is 37.6 Å². The van der Waals surface area contributed by atoms with Crippen LogP contribution in [-0.2, 0) is 14.3 Å². The highest BCUT2D eigenvalue weighted by Gasteiger charge is 2.33. The number of nitrogens with two attached hydrogens (primary N) is 2. The summed E-state index contributed by atoms with van der Waals surface area (Å²) in [5, 5.41) is 11.7. The van der Waals surface area contributed by atoms with Crippen LogP contribution in [0.5, 0.6) is 0 Å². The smallest absolute Gasteiger partial charge is 0.346 e. The number of hydrogen-bond acceptors (Lipinski definition) is 6. The van der Waals surface area contributed by atoms with Crippen molar-refractivity contribution in [2.75, 3.05) is 11.9 Å². The molecule has 0 heterocycles. The van der Waals surface area contributed by atoms with Gasteiger partial charge in [0.15, 0.2) is 5.66 Å². The maximum absolute atomic E-state index is 11.8. The minimum atomic E-state index is -1.32. The average Bonchev–Trinajstić information content (AvgIpc) is 2.47. The minimum Gasteiger partial charge on any atom is -0.478 e. The molecular weight excluding hydrogens is 302 g/mol. The molecule has 0 fully saturated rings. The molecule has 0 saturated heterocycles. The highest BCUT2D eigenvalue weighted by atomic mass is 16.5. The number of primary amides is 1. The van der Waals surface area contributed by atoms with Crippen LogP contribution in [0, 0.1) is 0 Å². The Bertz CT molecular complexity index is 541. The van der Waals surface area contributed by atoms with Crippen LogP contribution in [-0.4, -0.2) is 35.2 Å². The van der Waals surface area contributed by atoms with Gasteiger partial charge in [0.2, 0.25) is 5.91 Å². The van der Waals surface area contributed by atoms with Gasteiger partial charge in [-0.15, -0.1) is 0 Å². The summed E-state index contributed by atoms with van der Waals surface area (Å²) in [5.41, 5.74) is 9.83. The van der Waals surface area contributed by atoms with Crippen molar-refractivity contribution < 1.29 is 24.2 Å². The van der Waals surface area contributed by atoms with E-state index >= 15 is 0 Å². The predicted octanol–water partition coefficient (Wildman–Crippen LogP) is 0.916. The Morgan fingerprint density at radius 3 is 2.04 bits per heavy atom. The average molecular weight is 325 g/mol. The van der Waals surface area contributed by atoms with Crippen molar-refractivity contribution in [1.82, 2.24) is 0 Å². The number of aromatic carboxylic acids is 1. The molecule has 8 nitrogen and oxygen atoms in total. The number of esters is 1. The van der Waals surface area contributed by atoms with Crippen LogP contribution in [0.25, 0.3) is 0 Å². The lowest BCUT2D eigenvalue weighted by Gasteiger charge is -2.27. The van der Waals surface area contributed by atoms with Gasteiger partial charge >= 0.3 is 11.9 Å². The molecule has 0 aliphatic heterocycles. The van der Waals surface area contributed by atoms with Gasteiger partial charge in [-0.05, 0) is 37.6 Å². The van der Waals surface area contributed by atoms with Crippen molar-refractivity contribution in [3.05, 3.63) is 29.8 Å². The zero-order valence-electron chi connectivity index (χ0n) is 13.5. The summed E-state index contributed by atoms with van der Waals surface area (Å²) in [4.78, 5) is 31.7. The Hall–Kier alpha value is -2.61. The number of carboxylic acids is 1. The minimum absolute atomic E-state index is 0.167. The summed E-state index contributed by atoms with van der Waals surface area (Å²) in [6, 6.07) is 5.98. The number of anilines is 1. The zero-order chi connectivity index (χ0) is 18.0. The third kappa shape index (κ3) is 7.28. The molecule has 1 rings (SSSR count). The van der Waals surface area contributed by atoms with Crippen molar-refractivity contribution in [2.45, 2.75) is 32.9 Å². The molecule has 0 radical (unpaired) electrons. The molecule has 0 bridgehead atoms. The van der Waals surface area contributed by atoms with E-state index in [0.717, 1.165) is 0 Å². The summed E-state index contributed by atoms with van der Waals surface area (Å²) < 4.78 is 4.91. The Labute approximate surface area is 134 Å². The van der Waals surface area contributed by atoms with Crippen LogP contribution >= 0.6 is 0 Å². The predicted molar refractivity (Wildman–Crippen MR) is 85.7 cm³/mol. The molecule has 1 unspecified atom stereocenters. The van der Waals surface area contributed by atoms with Crippen molar-refractivity contribution in [3.63, 3.8) is 0 Å². The number of nitrogens with one attached hydrogen (secondary N) is 1. The Balaban J connectivity index is 0.00000108. The molecule has 8 heteroatoms. The summed E-state index contributed by atoms with van der Waals surface area (Å²) in [5.74, 6) is -1.88. The van der Waals surface area contributed by atoms with Crippen molar-refractivity contribution >= 4 is 23.5 Å². The van der Waals surface area contributed by atoms with Gasteiger partial charge in [0, 0.05) is 12.6 Å². The van der Waals surface area contributed by atoms with E-state index in [0.29, 0.717) is 12.1 Å². The number of benzene rings is 1. The SMILES string of the molecule is CC(N)=O.CCOC(=O)C(N)(CC)Nc1ccc(C(=O)O)cc1. The highest BCUT2D eigenvalue weighted by molar-refractivity contribution is 5.88. The molecule has 1 aromatic carbocycles. The number of amides is 1. The first-order valence-corrected chi connectivity index (χ1v) is 7.00. The van der Waals surface area contributed by atoms with Crippen molar-refractivity contribution in [2.24, 2.45) is 11.5 Å². The van der Waals surface area contributed by atoms with E-state index < -0.39 is 17.6 Å². The fourth-order valence-corrected chi connectivity index (χ4v) is 1.50. The molecule has 6 N–H and O–H groups in total. The molecule has 23 heavy (non-hydrogen) atoms. The van der Waals surface area contributed by atoms with E-state index in [9.17, 15) is 14.4 Å². The second-order valence-corrected chi connectivity index (χ2v) is 4.66. The number of ether oxygens (including phenoxy) is 1. The third-order valence-electron chi connectivity index (χ3n) is 2.70. The lowest BCUT2D eigenvalue weighted by molar-refractivity contribution is -0.148. The molecule has 1 atom stereocenters. The van der Waals surface area contributed by atoms with E-state index in [2.05, 4.69) is 11.1 Å². The van der Waals surface area contributed by atoms with Crippen LogP contribution in [0.2, 0.25) is 0 Å². The van der Waals surface area contributed by atoms with Gasteiger partial charge in [-0.3, -0.25) is 10.5 Å². The Kier molecular flexibility index (Phi) is 8.35. The van der Waals surface area contributed by atoms with E-state index in [4.69, 9.17) is 15.6 Å². The fourth-order valence-electron chi connectivity index (χ4n) is 1.50. The standard InChI is InChI=1S/C13H18N2O4.C2H5NO/c1-3-13(14,12(18)19-4-2)15-10-7-5-9(6-8-10)11(16)17;1-2(3)4/h5-8,15H,3-4,14H2,1-2H3,(H,16,17);1H3,(H2,3,4). The van der Waals surface area contributed by atoms with E-state index in [-0.39, 0.29) is 18.1 Å². The first kappa shape index (κ1) is 20.4. The van der Waals surface area contributed by atoms with Crippen molar-refractivity contribution in [3.8, 4) is 0 Å². The molecule has 0 aromatic heterocycles. The summed E-state index contributed by atoms with van der Waals surface area (Å²) in [6.07, 6.45) is 0.340. The lowest BCUT2D eigenvalue weighted by Crippen LogP contribution is -2.55. The number of carbonyl (C=O) groups excluding carboxylic acids is 2. The lowest BCUT2D eigenvalue weighted by atomic mass is 10.1. The molecular formula is C15H23N3O5. The maximum Gasteiger partial charge on any atom is 0.346 e. The molecule has 1 amide bonds. The molecule has 1 aromatic rings. The van der Waals surface area contributed by atoms with Crippen LogP contribution in [0.15, 0.2) is 24.3 Å². The van der Waals surface area contributed by atoms with Gasteiger partial charge < -0.3 is 20.9 Å². The zero-order valence-corrected chi connectivity index (χ0v) is 13.5. The second-order valence-electron chi connectivity index (χ2n) is 4.66. The molecule has 0 aliphatic carbocycles. The second kappa shape index (κ2) is 9.42. The van der Waals surface area contributed by atoms with Crippen LogP contribution < -0.4 is 16.8 Å². The topological polar surface area (TPSA) is 145 Å². The molecule has 0 aliphatic rings. The van der Waals surface area contributed by atoms with Crippen LogP contribution in [0.4, 0.5) is 5.69 Å². The Morgan fingerprint density at radius 1 is 1.22 bits per heavy atom. The quantitative estimate of drug-likeness (QED) is 0.449. The fraction of sp³-hybridized carbons (Fsp3) is 0.400. The summed E-state index contributed by atoms with van der Waals surface area (Å²) >= 11 is 0. The number of hydrogen-bond donors (Lipinski definition) is 4. The van der Waals surface area contributed by atoms with Gasteiger partial charge in [0.25, 0.3) is 0 Å². The van der Waals surface area contributed by atoms with Gasteiger partial charge in [-0.2, -0.15) is 0 Å². The molecule has 0 spiro atoms. The van der Waals surface area contributed by atoms with Gasteiger partial charge in [0.05, 0.1) is 12.2 Å². The van der Waals surface area contributed by atoms with E-state index in [1.807, 2.05) is 0 Å². The number of rotatable bonds is 6. The largest absolute Gasteiger partial charge is 0.478 e. The third-order valence-corrected chi connectivity index (χ3v) is 2.70. The monoisotopic (exact) mass is 325 g/mol. The molecule has 128 valence electrons. The van der Waals surface area contributed by atoms with Gasteiger partial charge in [-0.25, -0.2) is 9.59 Å². The summed E-state index contributed by atoms with van der Waals surface area (Å²) in [7, 11) is 0. The normalized spacial score (nSPS) is 12.2. The van der Waals surface area contributed by atoms with Crippen LogP contribution in [0.3, 0.4) is 0 Å². The first-order chi connectivity index (χ1) is 10.7. The van der Waals surface area contributed by atoms with Gasteiger partial charge in [0.1, 0.15) is 0 Å². The first-order valence-electron chi connectivity index (χ1n) is 7.00. The summed E-state index contributed by atoms with van der Waals surface area (Å²) in [6.45, 7) is 5.02. The van der Waals surface area contributed by atoms with E-state index in [1.165, 1.54) is 19.1 Å². The molecule has 0 saturated carbocycles. The number of carboxylic acid groups (broad SMARTS) is 1.